The summed E-state index contributed by atoms with van der Waals surface area (Å²) in [6.07, 6.45) is -1.05. The van der Waals surface area contributed by atoms with Crippen LogP contribution in [0.3, 0.4) is 0 Å². The number of imidazole rings is 1. The van der Waals surface area contributed by atoms with Crippen molar-refractivity contribution in [3.8, 4) is 39.8 Å². The molecule has 0 aliphatic heterocycles. The number of aromatic nitrogens is 6. The first-order valence-electron chi connectivity index (χ1n) is 21.2. The number of fused-ring (bicyclic) bond motifs is 1. The molecular weight excluding hydrogens is 931 g/mol. The Hall–Kier alpha value is -7.60. The number of ether oxygens (including phenoxy) is 4. The summed E-state index contributed by atoms with van der Waals surface area (Å²) in [5.74, 6) is 0.330. The predicted octanol–water partition coefficient (Wildman–Crippen LogP) is 4.59. The average molecular weight is 982 g/mol. The fraction of sp³-hybridized carbons (Fsp3) is 0.261. The van der Waals surface area contributed by atoms with Gasteiger partial charge in [0.25, 0.3) is 0 Å². The van der Waals surface area contributed by atoms with Crippen LogP contribution >= 0.6 is 0 Å². The Balaban J connectivity index is 1.48. The minimum absolute atomic E-state index is 0.0629. The van der Waals surface area contributed by atoms with Gasteiger partial charge in [0.2, 0.25) is 31.8 Å². The number of H-pyrrole nitrogens is 1. The van der Waals surface area contributed by atoms with Gasteiger partial charge in [-0.15, -0.1) is 10.2 Å². The van der Waals surface area contributed by atoms with Gasteiger partial charge in [0, 0.05) is 25.2 Å². The molecule has 7 aromatic rings. The van der Waals surface area contributed by atoms with E-state index in [2.05, 4.69) is 35.4 Å². The van der Waals surface area contributed by atoms with Crippen LogP contribution in [0.1, 0.15) is 37.5 Å². The number of nitrogens with two attached hydrogens (primary N) is 2. The molecule has 2 amide bonds. The fourth-order valence-corrected chi connectivity index (χ4v) is 10.7. The lowest BCUT2D eigenvalue weighted by molar-refractivity contribution is -0.119. The van der Waals surface area contributed by atoms with Gasteiger partial charge in [0.1, 0.15) is 38.7 Å². The zero-order valence-electron chi connectivity index (χ0n) is 38.5. The molecule has 0 unspecified atom stereocenters. The molecule has 0 aliphatic carbocycles. The van der Waals surface area contributed by atoms with Crippen LogP contribution in [0.2, 0.25) is 0 Å². The number of aromatic amines is 1. The van der Waals surface area contributed by atoms with Gasteiger partial charge < -0.3 is 40.7 Å². The van der Waals surface area contributed by atoms with Crippen molar-refractivity contribution in [3.05, 3.63) is 120 Å². The molecule has 0 saturated heterocycles. The van der Waals surface area contributed by atoms with E-state index in [4.69, 9.17) is 30.4 Å². The van der Waals surface area contributed by atoms with Gasteiger partial charge in [0.05, 0.1) is 44.5 Å². The molecule has 7 rings (SSSR count). The number of carbonyl (C=O) groups excluding carboxylic acids is 2. The molecule has 7 N–H and O–H groups in total. The quantitative estimate of drug-likeness (QED) is 0.0741. The summed E-state index contributed by atoms with van der Waals surface area (Å²) in [7, 11) is -5.54. The van der Waals surface area contributed by atoms with Crippen molar-refractivity contribution in [3.63, 3.8) is 0 Å². The molecule has 5 aromatic carbocycles. The maximum absolute atomic E-state index is 16.1. The summed E-state index contributed by atoms with van der Waals surface area (Å²) in [6.45, 7) is 3.49. The Labute approximate surface area is 398 Å². The first kappa shape index (κ1) is 49.3. The number of methoxy groups -OCH3 is 3. The minimum Gasteiger partial charge on any atom is -0.497 e. The maximum atomic E-state index is 16.1. The van der Waals surface area contributed by atoms with Crippen molar-refractivity contribution in [2.75, 3.05) is 33.6 Å². The molecule has 0 fully saturated rings. The van der Waals surface area contributed by atoms with E-state index in [-0.39, 0.29) is 42.5 Å². The monoisotopic (exact) mass is 981 g/mol. The first-order chi connectivity index (χ1) is 32.8. The zero-order valence-corrected chi connectivity index (χ0v) is 40.1. The lowest BCUT2D eigenvalue weighted by Gasteiger charge is -2.26. The molecular formula is C46H51N11O10S2. The fourth-order valence-electron chi connectivity index (χ4n) is 7.22. The molecule has 2 aromatic heterocycles. The van der Waals surface area contributed by atoms with E-state index < -0.39 is 60.0 Å². The third-order valence-corrected chi connectivity index (χ3v) is 14.0. The van der Waals surface area contributed by atoms with E-state index in [1.54, 1.807) is 112 Å². The van der Waals surface area contributed by atoms with E-state index >= 15 is 8.42 Å². The average Bonchev–Trinajstić information content (AvgIpc) is 3.95. The SMILES string of the molecule is COc1ccc(CN(Cc2ccc(OC)cc2)S(=O)(=O)c2c(S(=O)(=O)NC[C@H](NC(=O)OC(C)(C)C)C(N)=O)ccc(-c3cccc4[nH]c(N)nc34)c2-c2nnn(Cc3ccc(OC)cc3)n2)cc1. The number of primary amides is 1. The molecule has 0 bridgehead atoms. The number of benzene rings is 5. The topological polar surface area (TPSA) is 291 Å². The highest BCUT2D eigenvalue weighted by Gasteiger charge is 2.39. The minimum atomic E-state index is -5.07. The second-order valence-electron chi connectivity index (χ2n) is 16.6. The van der Waals surface area contributed by atoms with Gasteiger partial charge in [-0.25, -0.2) is 31.3 Å². The highest BCUT2D eigenvalue weighted by molar-refractivity contribution is 7.92. The summed E-state index contributed by atoms with van der Waals surface area (Å²) < 4.78 is 86.8. The van der Waals surface area contributed by atoms with Gasteiger partial charge in [-0.3, -0.25) is 4.79 Å². The van der Waals surface area contributed by atoms with E-state index in [1.807, 2.05) is 0 Å². The van der Waals surface area contributed by atoms with Crippen molar-refractivity contribution in [1.82, 2.24) is 44.5 Å². The van der Waals surface area contributed by atoms with Gasteiger partial charge in [-0.1, -0.05) is 54.6 Å². The highest BCUT2D eigenvalue weighted by atomic mass is 32.2. The molecule has 0 radical (unpaired) electrons. The molecule has 2 heterocycles. The van der Waals surface area contributed by atoms with E-state index in [1.165, 1.54) is 32.2 Å². The number of amides is 2. The van der Waals surface area contributed by atoms with Crippen molar-refractivity contribution in [1.29, 1.82) is 0 Å². The third kappa shape index (κ3) is 11.6. The Bertz CT molecular complexity index is 3140. The van der Waals surface area contributed by atoms with Crippen molar-refractivity contribution < 1.29 is 45.4 Å². The lowest BCUT2D eigenvalue weighted by atomic mass is 9.98. The molecule has 23 heteroatoms. The van der Waals surface area contributed by atoms with E-state index in [0.29, 0.717) is 45.0 Å². The van der Waals surface area contributed by atoms with Crippen molar-refractivity contribution in [2.24, 2.45) is 5.73 Å². The number of rotatable bonds is 19. The zero-order chi connectivity index (χ0) is 49.7. The standard InChI is InChI=1S/C46H51N11O10S2/c1-46(2,3)67-45(59)51-37(42(47)58)24-49-68(60,61)38-23-22-34(35-8-7-9-36-40(35)52-44(48)50-36)39(43-53-55-57(54-43)27-30-14-20-33(66-6)21-15-30)41(38)69(62,63)56(25-28-10-16-31(64-4)17-11-28)26-29-12-18-32(65-5)19-13-29/h7-23,37,49H,24-27H2,1-6H3,(H2,47,58)(H,51,59)(H3,48,50,52)/t37-/m0/s1. The molecule has 362 valence electrons. The normalized spacial score (nSPS) is 12.4. The number of hydrogen-bond donors (Lipinski definition) is 5. The van der Waals surface area contributed by atoms with Crippen LogP contribution in [0.5, 0.6) is 17.2 Å². The van der Waals surface area contributed by atoms with Crippen LogP contribution in [-0.2, 0) is 49.2 Å². The summed E-state index contributed by atoms with van der Waals surface area (Å²) >= 11 is 0. The number of nitrogens with one attached hydrogen (secondary N) is 3. The highest BCUT2D eigenvalue weighted by Crippen LogP contribution is 2.43. The summed E-state index contributed by atoms with van der Waals surface area (Å²) in [4.78, 5) is 32.6. The predicted molar refractivity (Wildman–Crippen MR) is 255 cm³/mol. The number of tetrazole rings is 1. The summed E-state index contributed by atoms with van der Waals surface area (Å²) in [6, 6.07) is 26.4. The van der Waals surface area contributed by atoms with Crippen molar-refractivity contribution >= 4 is 49.0 Å². The summed E-state index contributed by atoms with van der Waals surface area (Å²) in [5.41, 5.74) is 13.6. The van der Waals surface area contributed by atoms with Crippen LogP contribution < -0.4 is 35.7 Å². The number of para-hydroxylation sites is 1. The summed E-state index contributed by atoms with van der Waals surface area (Å²) in [5, 5.41) is 15.6. The van der Waals surface area contributed by atoms with Gasteiger partial charge in [-0.05, 0) is 96.8 Å². The molecule has 21 nitrogen and oxygen atoms in total. The van der Waals surface area contributed by atoms with Gasteiger partial charge in [-0.2, -0.15) is 9.10 Å². The number of anilines is 1. The molecule has 69 heavy (non-hydrogen) atoms. The van der Waals surface area contributed by atoms with Crippen LogP contribution in [-0.4, -0.2) is 103 Å². The number of nitrogen functional groups attached to an aromatic ring is 1. The lowest BCUT2D eigenvalue weighted by Crippen LogP contribution is -2.52. The number of carbonyl (C=O) groups is 2. The Morgan fingerprint density at radius 3 is 1.88 bits per heavy atom. The number of nitrogens with zero attached hydrogens (tertiary/aromatic N) is 6. The van der Waals surface area contributed by atoms with Crippen LogP contribution in [0.4, 0.5) is 10.7 Å². The molecule has 0 spiro atoms. The van der Waals surface area contributed by atoms with Crippen LogP contribution in [0, 0.1) is 0 Å². The first-order valence-corrected chi connectivity index (χ1v) is 24.1. The molecule has 0 aliphatic rings. The van der Waals surface area contributed by atoms with E-state index in [9.17, 15) is 18.0 Å². The Morgan fingerprint density at radius 2 is 1.35 bits per heavy atom. The Kier molecular flexibility index (Phi) is 14.5. The van der Waals surface area contributed by atoms with Gasteiger partial charge in [0.15, 0.2) is 5.95 Å². The van der Waals surface area contributed by atoms with Crippen LogP contribution in [0.25, 0.3) is 33.5 Å². The van der Waals surface area contributed by atoms with Crippen molar-refractivity contribution in [2.45, 2.75) is 61.8 Å². The number of alkyl carbamates (subject to hydrolysis) is 1. The van der Waals surface area contributed by atoms with Gasteiger partial charge >= 0.3 is 6.09 Å². The maximum Gasteiger partial charge on any atom is 0.408 e. The largest absolute Gasteiger partial charge is 0.497 e. The number of hydrogen-bond acceptors (Lipinski definition) is 15. The number of sulfonamides is 2. The molecule has 0 saturated carbocycles. The Morgan fingerprint density at radius 1 is 0.783 bits per heavy atom. The van der Waals surface area contributed by atoms with Crippen LogP contribution in [0.15, 0.2) is 113 Å². The smallest absolute Gasteiger partial charge is 0.408 e. The third-order valence-electron chi connectivity index (χ3n) is 10.5. The molecule has 1 atom stereocenters. The second-order valence-corrected chi connectivity index (χ2v) is 20.2. The second kappa shape index (κ2) is 20.3. The van der Waals surface area contributed by atoms with E-state index in [0.717, 1.165) is 15.9 Å².